The number of aromatic nitrogens is 4. The first-order chi connectivity index (χ1) is 14.5. The molecule has 152 valence electrons. The molecule has 2 aromatic carbocycles. The van der Waals surface area contributed by atoms with Gasteiger partial charge in [0.05, 0.1) is 36.9 Å². The lowest BCUT2D eigenvalue weighted by Gasteiger charge is -2.07. The van der Waals surface area contributed by atoms with E-state index in [-0.39, 0.29) is 0 Å². The van der Waals surface area contributed by atoms with E-state index in [1.54, 1.807) is 12.4 Å². The molecule has 4 aromatic rings. The maximum atomic E-state index is 5.43. The Hall–Kier alpha value is -3.45. The van der Waals surface area contributed by atoms with Gasteiger partial charge in [0, 0.05) is 12.4 Å². The van der Waals surface area contributed by atoms with E-state index in [0.717, 1.165) is 11.4 Å². The molecule has 0 saturated carbocycles. The zero-order valence-corrected chi connectivity index (χ0v) is 17.9. The number of benzene rings is 2. The SMILES string of the molecule is Cc1ccc(Cn2cc(NC(=S)Nc3cnn(Cc4ccc(C)cc4)c3)cn2)cc1. The molecule has 0 aliphatic carbocycles. The fraction of sp³-hybridized carbons (Fsp3) is 0.174. The molecule has 7 heteroatoms. The summed E-state index contributed by atoms with van der Waals surface area (Å²) >= 11 is 5.43. The van der Waals surface area contributed by atoms with E-state index in [9.17, 15) is 0 Å². The number of hydrogen-bond acceptors (Lipinski definition) is 3. The lowest BCUT2D eigenvalue weighted by atomic mass is 10.1. The van der Waals surface area contributed by atoms with Gasteiger partial charge in [0.1, 0.15) is 0 Å². The van der Waals surface area contributed by atoms with Crippen LogP contribution in [0.2, 0.25) is 0 Å². The van der Waals surface area contributed by atoms with E-state index >= 15 is 0 Å². The van der Waals surface area contributed by atoms with E-state index in [1.807, 2.05) is 21.8 Å². The maximum absolute atomic E-state index is 5.43. The minimum absolute atomic E-state index is 0.500. The van der Waals surface area contributed by atoms with Gasteiger partial charge in [-0.3, -0.25) is 9.36 Å². The van der Waals surface area contributed by atoms with Crippen LogP contribution >= 0.6 is 12.2 Å². The number of aryl methyl sites for hydroxylation is 2. The fourth-order valence-electron chi connectivity index (χ4n) is 3.08. The van der Waals surface area contributed by atoms with Gasteiger partial charge in [-0.1, -0.05) is 59.7 Å². The normalized spacial score (nSPS) is 10.7. The summed E-state index contributed by atoms with van der Waals surface area (Å²) in [6.45, 7) is 5.60. The first-order valence-electron chi connectivity index (χ1n) is 9.77. The van der Waals surface area contributed by atoms with Crippen molar-refractivity contribution in [1.82, 2.24) is 19.6 Å². The number of rotatable bonds is 6. The molecule has 6 nitrogen and oxygen atoms in total. The highest BCUT2D eigenvalue weighted by Gasteiger charge is 2.05. The summed E-state index contributed by atoms with van der Waals surface area (Å²) < 4.78 is 3.77. The van der Waals surface area contributed by atoms with E-state index in [4.69, 9.17) is 12.2 Å². The average Bonchev–Trinajstić information content (AvgIpc) is 3.35. The van der Waals surface area contributed by atoms with Crippen molar-refractivity contribution >= 4 is 28.7 Å². The van der Waals surface area contributed by atoms with E-state index < -0.39 is 0 Å². The summed E-state index contributed by atoms with van der Waals surface area (Å²) in [6, 6.07) is 16.9. The van der Waals surface area contributed by atoms with Crippen LogP contribution < -0.4 is 10.6 Å². The molecule has 4 rings (SSSR count). The summed E-state index contributed by atoms with van der Waals surface area (Å²) in [5, 5.41) is 15.6. The fourth-order valence-corrected chi connectivity index (χ4v) is 3.32. The molecule has 2 aromatic heterocycles. The van der Waals surface area contributed by atoms with Gasteiger partial charge in [-0.15, -0.1) is 0 Å². The Morgan fingerprint density at radius 3 is 1.53 bits per heavy atom. The number of nitrogens with one attached hydrogen (secondary N) is 2. The predicted molar refractivity (Wildman–Crippen MR) is 125 cm³/mol. The van der Waals surface area contributed by atoms with Gasteiger partial charge < -0.3 is 10.6 Å². The molecule has 0 bridgehead atoms. The highest BCUT2D eigenvalue weighted by molar-refractivity contribution is 7.80. The van der Waals surface area contributed by atoms with Crippen LogP contribution in [0.3, 0.4) is 0 Å². The van der Waals surface area contributed by atoms with Crippen molar-refractivity contribution < 1.29 is 0 Å². The van der Waals surface area contributed by atoms with E-state index in [1.165, 1.54) is 22.3 Å². The number of nitrogens with zero attached hydrogens (tertiary/aromatic N) is 4. The Balaban J connectivity index is 1.30. The monoisotopic (exact) mass is 416 g/mol. The molecule has 0 fully saturated rings. The molecule has 30 heavy (non-hydrogen) atoms. The second-order valence-corrected chi connectivity index (χ2v) is 7.81. The largest absolute Gasteiger partial charge is 0.330 e. The Morgan fingerprint density at radius 2 is 1.13 bits per heavy atom. The molecule has 2 heterocycles. The summed E-state index contributed by atoms with van der Waals surface area (Å²) in [4.78, 5) is 0. The highest BCUT2D eigenvalue weighted by Crippen LogP contribution is 2.12. The van der Waals surface area contributed by atoms with Crippen LogP contribution in [-0.2, 0) is 13.1 Å². The third-order valence-corrected chi connectivity index (χ3v) is 4.92. The average molecular weight is 417 g/mol. The van der Waals surface area contributed by atoms with Gasteiger partial charge in [0.25, 0.3) is 0 Å². The van der Waals surface area contributed by atoms with Crippen LogP contribution in [0.15, 0.2) is 73.3 Å². The predicted octanol–water partition coefficient (Wildman–Crippen LogP) is 4.60. The first kappa shape index (κ1) is 19.8. The zero-order valence-electron chi connectivity index (χ0n) is 17.0. The van der Waals surface area contributed by atoms with Crippen molar-refractivity contribution in [2.45, 2.75) is 26.9 Å². The standard InChI is InChI=1S/C23H24N6S/c1-17-3-7-19(8-4-17)13-28-15-21(11-24-28)26-23(30)27-22-12-25-29(16-22)14-20-9-5-18(2)6-10-20/h3-12,15-16H,13-14H2,1-2H3,(H2,26,27,30). The van der Waals surface area contributed by atoms with Crippen LogP contribution in [0.1, 0.15) is 22.3 Å². The van der Waals surface area contributed by atoms with Crippen LogP contribution in [0.25, 0.3) is 0 Å². The van der Waals surface area contributed by atoms with E-state index in [0.29, 0.717) is 18.2 Å². The van der Waals surface area contributed by atoms with Crippen molar-refractivity contribution in [3.8, 4) is 0 Å². The molecule has 0 aliphatic rings. The summed E-state index contributed by atoms with van der Waals surface area (Å²) in [5.41, 5.74) is 6.59. The van der Waals surface area contributed by atoms with Gasteiger partial charge >= 0.3 is 0 Å². The third kappa shape index (κ3) is 5.33. The first-order valence-corrected chi connectivity index (χ1v) is 10.2. The lowest BCUT2D eigenvalue weighted by molar-refractivity contribution is 0.687. The van der Waals surface area contributed by atoms with E-state index in [2.05, 4.69) is 83.2 Å². The molecule has 0 atom stereocenters. The molecule has 0 radical (unpaired) electrons. The van der Waals surface area contributed by atoms with Crippen LogP contribution in [0, 0.1) is 13.8 Å². The van der Waals surface area contributed by atoms with Gasteiger partial charge in [0.2, 0.25) is 0 Å². The minimum atomic E-state index is 0.500. The molecule has 0 amide bonds. The Bertz CT molecular complexity index is 1040. The van der Waals surface area contributed by atoms with Gasteiger partial charge in [-0.05, 0) is 37.2 Å². The van der Waals surface area contributed by atoms with Gasteiger partial charge in [-0.2, -0.15) is 10.2 Å². The summed E-state index contributed by atoms with van der Waals surface area (Å²) in [6.07, 6.45) is 7.41. The Kier molecular flexibility index (Phi) is 5.90. The quantitative estimate of drug-likeness (QED) is 0.450. The van der Waals surface area contributed by atoms with Gasteiger partial charge in [-0.25, -0.2) is 0 Å². The maximum Gasteiger partial charge on any atom is 0.175 e. The van der Waals surface area contributed by atoms with Crippen molar-refractivity contribution in [3.05, 3.63) is 95.6 Å². The van der Waals surface area contributed by atoms with Crippen LogP contribution in [-0.4, -0.2) is 24.7 Å². The molecule has 0 unspecified atom stereocenters. The molecular formula is C23H24N6S. The topological polar surface area (TPSA) is 59.7 Å². The Labute approximate surface area is 181 Å². The molecule has 0 saturated heterocycles. The lowest BCUT2D eigenvalue weighted by Crippen LogP contribution is -2.18. The summed E-state index contributed by atoms with van der Waals surface area (Å²) in [7, 11) is 0. The minimum Gasteiger partial charge on any atom is -0.330 e. The van der Waals surface area contributed by atoms with Crippen molar-refractivity contribution in [1.29, 1.82) is 0 Å². The zero-order chi connectivity index (χ0) is 20.9. The molecule has 0 spiro atoms. The van der Waals surface area contributed by atoms with Crippen LogP contribution in [0.4, 0.5) is 11.4 Å². The number of thiocarbonyl (C=S) groups is 1. The third-order valence-electron chi connectivity index (χ3n) is 4.71. The number of hydrogen-bond donors (Lipinski definition) is 2. The van der Waals surface area contributed by atoms with Crippen molar-refractivity contribution in [2.24, 2.45) is 0 Å². The van der Waals surface area contributed by atoms with Crippen molar-refractivity contribution in [3.63, 3.8) is 0 Å². The molecular weight excluding hydrogens is 392 g/mol. The number of anilines is 2. The molecule has 0 aliphatic heterocycles. The highest BCUT2D eigenvalue weighted by atomic mass is 32.1. The van der Waals surface area contributed by atoms with Crippen LogP contribution in [0.5, 0.6) is 0 Å². The smallest absolute Gasteiger partial charge is 0.175 e. The summed E-state index contributed by atoms with van der Waals surface area (Å²) in [5.74, 6) is 0. The second-order valence-electron chi connectivity index (χ2n) is 7.40. The molecule has 2 N–H and O–H groups in total. The second kappa shape index (κ2) is 8.92. The Morgan fingerprint density at radius 1 is 0.733 bits per heavy atom. The van der Waals surface area contributed by atoms with Gasteiger partial charge in [0.15, 0.2) is 5.11 Å². The van der Waals surface area contributed by atoms with Crippen molar-refractivity contribution in [2.75, 3.05) is 10.6 Å².